The molecule has 0 heterocycles. The highest BCUT2D eigenvalue weighted by molar-refractivity contribution is 5.74. The summed E-state index contributed by atoms with van der Waals surface area (Å²) in [7, 11) is 0. The van der Waals surface area contributed by atoms with E-state index in [9.17, 15) is 0 Å². The molecule has 12 aromatic rings. The highest BCUT2D eigenvalue weighted by atomic mass is 14.3. The van der Waals surface area contributed by atoms with Crippen molar-refractivity contribution in [3.05, 3.63) is 365 Å². The number of hydrogen-bond acceptors (Lipinski definition) is 0. The van der Waals surface area contributed by atoms with Crippen molar-refractivity contribution >= 4 is 0 Å². The number of aryl methyl sites for hydroxylation is 20. The molecule has 0 bridgehead atoms. The van der Waals surface area contributed by atoms with Crippen LogP contribution in [0.5, 0.6) is 0 Å². The Morgan fingerprint density at radius 3 is 0.875 bits per heavy atom. The second kappa shape index (κ2) is 48.0. The zero-order chi connectivity index (χ0) is 90.0. The smallest absolute Gasteiger partial charge is 0.0155 e. The molecule has 0 spiro atoms. The molecule has 0 radical (unpaired) electrons. The van der Waals surface area contributed by atoms with Crippen molar-refractivity contribution in [2.45, 2.75) is 328 Å². The van der Waals surface area contributed by atoms with Crippen LogP contribution in [0.2, 0.25) is 0 Å². The summed E-state index contributed by atoms with van der Waals surface area (Å²) in [6.07, 6.45) is 42.6. The predicted octanol–water partition coefficient (Wildman–Crippen LogP) is 36.6. The number of unbranched alkanes of at least 4 members (excludes halogenated alkanes) is 3. The van der Waals surface area contributed by atoms with E-state index in [1.54, 1.807) is 11.1 Å². The summed E-state index contributed by atoms with van der Waals surface area (Å²) in [4.78, 5) is 0. The van der Waals surface area contributed by atoms with E-state index in [1.807, 2.05) is 0 Å². The molecule has 4 fully saturated rings. The van der Waals surface area contributed by atoms with Gasteiger partial charge in [-0.15, -0.1) is 0 Å². The van der Waals surface area contributed by atoms with E-state index in [4.69, 9.17) is 0 Å². The Kier molecular flexibility index (Phi) is 36.1. The Morgan fingerprint density at radius 1 is 0.188 bits per heavy atom. The average molecular weight is 1700 g/mol. The van der Waals surface area contributed by atoms with Gasteiger partial charge in [0.2, 0.25) is 0 Å². The second-order valence-electron chi connectivity index (χ2n) is 41.6. The van der Waals surface area contributed by atoms with Gasteiger partial charge in [-0.25, -0.2) is 0 Å². The first-order valence-corrected chi connectivity index (χ1v) is 51.0. The van der Waals surface area contributed by atoms with E-state index in [2.05, 4.69) is 353 Å². The van der Waals surface area contributed by atoms with E-state index >= 15 is 0 Å². The van der Waals surface area contributed by atoms with Crippen LogP contribution in [-0.2, 0) is 51.4 Å². The summed E-state index contributed by atoms with van der Waals surface area (Å²) in [5.74, 6) is 7.27. The van der Waals surface area contributed by atoms with Gasteiger partial charge in [-0.2, -0.15) is 0 Å². The fraction of sp³-hybridized carbons (Fsp3) is 0.438. The van der Waals surface area contributed by atoms with Gasteiger partial charge in [0, 0.05) is 0 Å². The third-order valence-electron chi connectivity index (χ3n) is 30.8. The topological polar surface area (TPSA) is 0 Å². The van der Waals surface area contributed by atoms with E-state index < -0.39 is 0 Å². The van der Waals surface area contributed by atoms with Gasteiger partial charge < -0.3 is 0 Å². The number of rotatable bonds is 28. The minimum atomic E-state index is 0.770. The van der Waals surface area contributed by atoms with Crippen LogP contribution in [0.25, 0.3) is 55.6 Å². The van der Waals surface area contributed by atoms with Gasteiger partial charge in [0.15, 0.2) is 0 Å². The van der Waals surface area contributed by atoms with Gasteiger partial charge in [-0.1, -0.05) is 382 Å². The van der Waals surface area contributed by atoms with Crippen molar-refractivity contribution < 1.29 is 0 Å². The Morgan fingerprint density at radius 2 is 0.469 bits per heavy atom. The molecule has 128 heavy (non-hydrogen) atoms. The number of hydrogen-bond donors (Lipinski definition) is 0. The third-order valence-corrected chi connectivity index (χ3v) is 30.8. The van der Waals surface area contributed by atoms with Crippen LogP contribution in [0.1, 0.15) is 316 Å². The van der Waals surface area contributed by atoms with Gasteiger partial charge >= 0.3 is 0 Å². The molecule has 0 atom stereocenters. The zero-order valence-corrected chi connectivity index (χ0v) is 82.3. The second-order valence-corrected chi connectivity index (χ2v) is 41.6. The van der Waals surface area contributed by atoms with Crippen LogP contribution < -0.4 is 0 Å². The average Bonchev–Trinajstić information content (AvgIpc) is 0.846. The lowest BCUT2D eigenvalue weighted by Crippen LogP contribution is -2.13. The maximum absolute atomic E-state index is 2.46. The third kappa shape index (κ3) is 28.6. The lowest BCUT2D eigenvalue weighted by molar-refractivity contribution is 0.272. The molecule has 0 aromatic heterocycles. The Labute approximate surface area is 778 Å². The van der Waals surface area contributed by atoms with E-state index in [0.717, 1.165) is 60.2 Å². The normalized spacial score (nSPS) is 18.6. The zero-order valence-electron chi connectivity index (χ0n) is 82.3. The van der Waals surface area contributed by atoms with Crippen LogP contribution in [0.4, 0.5) is 0 Å². The van der Waals surface area contributed by atoms with Gasteiger partial charge in [0.05, 0.1) is 0 Å². The summed E-state index contributed by atoms with van der Waals surface area (Å²) in [6, 6.07) is 92.6. The highest BCUT2D eigenvalue weighted by Gasteiger charge is 2.25. The Hall–Kier alpha value is -9.36. The lowest BCUT2D eigenvalue weighted by Gasteiger charge is -2.27. The van der Waals surface area contributed by atoms with Crippen LogP contribution >= 0.6 is 0 Å². The molecule has 0 aliphatic heterocycles. The van der Waals surface area contributed by atoms with E-state index in [1.165, 1.54) is 360 Å². The molecule has 0 unspecified atom stereocenters. The SMILES string of the molecule is Cc1ccc(-c2ccc(-c3ccc(CCCCC4CCC(C)CC4)c(C)c3)cc2)c(C)c1.Cc1ccc(-c2ccc(CCCCc3ccc(C4CCC(C)CC4)c(C)c3)cc2)c(C)c1.Cc1ccc(CCCCc2ccc(-c3ccc(C4CCC(C)CC4)c(C)c3)cc2)c(C)c1.Cc1ccc(CCc2ccc(-c3ccc(CCC4CCC(C)CC4)c(C)c3)cc2)c(C)c1. The Bertz CT molecular complexity index is 5430. The van der Waals surface area contributed by atoms with E-state index in [0.29, 0.717) is 0 Å². The summed E-state index contributed by atoms with van der Waals surface area (Å²) < 4.78 is 0. The molecule has 0 heteroatoms. The molecular weight excluding hydrogens is 1540 g/mol. The molecule has 4 aliphatic rings. The molecule has 16 rings (SSSR count). The quantitative estimate of drug-likeness (QED) is 0.0429. The van der Waals surface area contributed by atoms with Crippen molar-refractivity contribution in [3.8, 4) is 55.6 Å². The van der Waals surface area contributed by atoms with Crippen molar-refractivity contribution in [2.75, 3.05) is 0 Å². The molecule has 12 aromatic carbocycles. The van der Waals surface area contributed by atoms with Gasteiger partial charge in [-0.3, -0.25) is 0 Å². The van der Waals surface area contributed by atoms with Gasteiger partial charge in [-0.05, 0) is 402 Å². The van der Waals surface area contributed by atoms with Gasteiger partial charge in [0.25, 0.3) is 0 Å². The van der Waals surface area contributed by atoms with Crippen molar-refractivity contribution in [3.63, 3.8) is 0 Å². The van der Waals surface area contributed by atoms with Gasteiger partial charge in [0.1, 0.15) is 0 Å². The van der Waals surface area contributed by atoms with Crippen LogP contribution in [-0.4, -0.2) is 0 Å². The van der Waals surface area contributed by atoms with Crippen molar-refractivity contribution in [1.29, 1.82) is 0 Å². The minimum absolute atomic E-state index is 0.770. The Balaban J connectivity index is 0.000000146. The lowest BCUT2D eigenvalue weighted by atomic mass is 9.78. The number of benzene rings is 12. The summed E-state index contributed by atoms with van der Waals surface area (Å²) in [6.45, 7) is 36.4. The first-order valence-electron chi connectivity index (χ1n) is 51.0. The standard InChI is InChI=1S/4C32H40/c1-23-5-8-27(9-6-23)10-16-30-19-20-32(22-26(30)4)31-17-12-28(13-18-31)11-15-29-14-7-24(2)21-25(29)3;1-23-9-15-29(16-10-23)32-20-14-28(22-26(32)4)8-6-5-7-27-12-17-30(18-13-27)31-19-11-24(2)21-25(31)3;1-23-9-15-30(16-10-23)32-20-19-31(22-26(32)4)29-17-12-27(13-18-29)7-5-6-8-28-14-11-24(2)21-25(28)3;1-23-9-12-27(13-10-23)7-5-6-8-28-14-19-31(22-25(28)3)29-15-17-30(18-16-29)32-20-11-24(2)21-26(32)4/h7,12-14,17-23,27H,5-6,8-11,15-16H2,1-4H3;11-14,17-23,29H,5-10,15-16H2,1-4H3;11-14,17-23,30H,5-10,15-16H2,1-4H3;11,14-23,27H,5-10,12-13H2,1-4H3. The van der Waals surface area contributed by atoms with Crippen molar-refractivity contribution in [1.82, 2.24) is 0 Å². The summed E-state index contributed by atoms with van der Waals surface area (Å²) in [5.41, 5.74) is 45.2. The molecule has 0 nitrogen and oxygen atoms in total. The largest absolute Gasteiger partial charge is 0.0625 e. The van der Waals surface area contributed by atoms with Crippen LogP contribution in [0, 0.1) is 119 Å². The molecule has 4 aliphatic carbocycles. The minimum Gasteiger partial charge on any atom is -0.0625 e. The molecule has 4 saturated carbocycles. The molecule has 0 N–H and O–H groups in total. The molecular formula is C128H160. The van der Waals surface area contributed by atoms with Crippen LogP contribution in [0.3, 0.4) is 0 Å². The summed E-state index contributed by atoms with van der Waals surface area (Å²) >= 11 is 0. The first-order chi connectivity index (χ1) is 61.9. The highest BCUT2D eigenvalue weighted by Crippen LogP contribution is 2.42. The predicted molar refractivity (Wildman–Crippen MR) is 559 cm³/mol. The first kappa shape index (κ1) is 96.2. The molecule has 672 valence electrons. The maximum Gasteiger partial charge on any atom is -0.0155 e. The molecule has 0 saturated heterocycles. The fourth-order valence-corrected chi connectivity index (χ4v) is 22.0. The fourth-order valence-electron chi connectivity index (χ4n) is 22.0. The maximum atomic E-state index is 2.46. The van der Waals surface area contributed by atoms with E-state index in [-0.39, 0.29) is 0 Å². The molecule has 0 amide bonds. The van der Waals surface area contributed by atoms with Crippen molar-refractivity contribution in [2.24, 2.45) is 35.5 Å². The van der Waals surface area contributed by atoms with Crippen LogP contribution in [0.15, 0.2) is 243 Å². The summed E-state index contributed by atoms with van der Waals surface area (Å²) in [5, 5.41) is 0. The monoisotopic (exact) mass is 1700 g/mol.